The zero-order chi connectivity index (χ0) is 22.1. The molecule has 30 heavy (non-hydrogen) atoms. The Kier molecular flexibility index (Phi) is 6.68. The first-order chi connectivity index (χ1) is 14.1. The summed E-state index contributed by atoms with van der Waals surface area (Å²) in [6.45, 7) is 0.565. The fourth-order valence-electron chi connectivity index (χ4n) is 3.40. The van der Waals surface area contributed by atoms with Crippen LogP contribution in [0.1, 0.15) is 12.8 Å². The average Bonchev–Trinajstić information content (AvgIpc) is 2.69. The third kappa shape index (κ3) is 4.60. The molecule has 0 spiro atoms. The van der Waals surface area contributed by atoms with Gasteiger partial charge in [0.15, 0.2) is 11.5 Å². The lowest BCUT2D eigenvalue weighted by molar-refractivity contribution is 0.125. The normalized spacial score (nSPS) is 15.2. The third-order valence-electron chi connectivity index (χ3n) is 5.02. The van der Waals surface area contributed by atoms with Crippen molar-refractivity contribution in [2.24, 2.45) is 5.92 Å². The molecule has 2 aromatic rings. The minimum absolute atomic E-state index is 0.00756. The van der Waals surface area contributed by atoms with Gasteiger partial charge in [-0.25, -0.2) is 13.2 Å². The second-order valence-electron chi connectivity index (χ2n) is 6.97. The van der Waals surface area contributed by atoms with Gasteiger partial charge in [-0.3, -0.25) is 4.31 Å². The molecule has 1 aliphatic heterocycles. The number of hydrogen-bond donors (Lipinski definition) is 3. The minimum Gasteiger partial charge on any atom is -0.504 e. The van der Waals surface area contributed by atoms with Gasteiger partial charge in [0.05, 0.1) is 5.69 Å². The first kappa shape index (κ1) is 22.5. The Balaban J connectivity index is 2.02. The van der Waals surface area contributed by atoms with Gasteiger partial charge >= 0.3 is 6.09 Å². The van der Waals surface area contributed by atoms with Crippen molar-refractivity contribution in [1.29, 1.82) is 0 Å². The van der Waals surface area contributed by atoms with Crippen LogP contribution in [0, 0.1) is 5.92 Å². The number of nitrogens with zero attached hydrogens (tertiary/aromatic N) is 2. The van der Waals surface area contributed by atoms with Gasteiger partial charge in [0.2, 0.25) is 0 Å². The van der Waals surface area contributed by atoms with Crippen LogP contribution in [0.4, 0.5) is 10.5 Å². The van der Waals surface area contributed by atoms with E-state index in [0.717, 1.165) is 10.4 Å². The number of sulfonamides is 1. The van der Waals surface area contributed by atoms with Crippen molar-refractivity contribution < 1.29 is 28.5 Å². The van der Waals surface area contributed by atoms with Crippen LogP contribution in [0.3, 0.4) is 0 Å². The molecule has 3 rings (SSSR count). The van der Waals surface area contributed by atoms with E-state index in [2.05, 4.69) is 15.9 Å². The second kappa shape index (κ2) is 8.91. The van der Waals surface area contributed by atoms with Crippen molar-refractivity contribution in [2.75, 3.05) is 23.9 Å². The Morgan fingerprint density at radius 1 is 1.20 bits per heavy atom. The predicted molar refractivity (Wildman–Crippen MR) is 116 cm³/mol. The van der Waals surface area contributed by atoms with E-state index in [1.807, 2.05) is 0 Å². The second-order valence-corrected chi connectivity index (χ2v) is 10.1. The van der Waals surface area contributed by atoms with E-state index in [0.29, 0.717) is 17.3 Å². The van der Waals surface area contributed by atoms with Crippen molar-refractivity contribution in [3.63, 3.8) is 0 Å². The average molecular weight is 520 g/mol. The molecule has 3 N–H and O–H groups in total. The number of phenolic OH excluding ortho intramolecular Hbond substituents is 2. The number of phenols is 2. The van der Waals surface area contributed by atoms with Crippen LogP contribution >= 0.6 is 27.5 Å². The van der Waals surface area contributed by atoms with Gasteiger partial charge in [-0.05, 0) is 52.9 Å². The Hall–Kier alpha value is -2.17. The maximum Gasteiger partial charge on any atom is 0.407 e. The lowest BCUT2D eigenvalue weighted by Gasteiger charge is -2.34. The molecule has 0 radical (unpaired) electrons. The topological polar surface area (TPSA) is 118 Å². The van der Waals surface area contributed by atoms with E-state index in [1.54, 1.807) is 18.2 Å². The highest BCUT2D eigenvalue weighted by atomic mass is 79.9. The zero-order valence-electron chi connectivity index (χ0n) is 15.7. The SMILES string of the molecule is O=C(O)N1CCC(CN(c2cc(Cl)cc(O)c2O)S(=O)(=O)c2ccccc2Br)CC1. The molecule has 1 heterocycles. The number of piperidine rings is 1. The fraction of sp³-hybridized carbons (Fsp3) is 0.316. The fourth-order valence-corrected chi connectivity index (χ4v) is 6.11. The van der Waals surface area contributed by atoms with Gasteiger partial charge in [0, 0.05) is 35.2 Å². The van der Waals surface area contributed by atoms with Crippen molar-refractivity contribution in [2.45, 2.75) is 17.7 Å². The lowest BCUT2D eigenvalue weighted by atomic mass is 9.97. The smallest absolute Gasteiger partial charge is 0.407 e. The van der Waals surface area contributed by atoms with E-state index < -0.39 is 27.6 Å². The summed E-state index contributed by atoms with van der Waals surface area (Å²) in [7, 11) is -4.14. The Bertz CT molecular complexity index is 1060. The molecule has 1 fully saturated rings. The van der Waals surface area contributed by atoms with E-state index in [9.17, 15) is 23.4 Å². The molecule has 11 heteroatoms. The van der Waals surface area contributed by atoms with E-state index >= 15 is 0 Å². The third-order valence-corrected chi connectivity index (χ3v) is 8.03. The van der Waals surface area contributed by atoms with Crippen LogP contribution in [0.15, 0.2) is 45.8 Å². The molecule has 0 aromatic heterocycles. The van der Waals surface area contributed by atoms with Crippen molar-refractivity contribution in [1.82, 2.24) is 4.90 Å². The largest absolute Gasteiger partial charge is 0.504 e. The molecule has 0 bridgehead atoms. The number of amides is 1. The molecule has 2 aromatic carbocycles. The van der Waals surface area contributed by atoms with Gasteiger partial charge in [0.25, 0.3) is 10.0 Å². The van der Waals surface area contributed by atoms with Crippen LogP contribution in [0.25, 0.3) is 0 Å². The zero-order valence-corrected chi connectivity index (χ0v) is 18.9. The molecular formula is C19H20BrClN2O6S. The first-order valence-electron chi connectivity index (χ1n) is 9.08. The maximum absolute atomic E-state index is 13.5. The summed E-state index contributed by atoms with van der Waals surface area (Å²) in [5.41, 5.74) is -0.142. The highest BCUT2D eigenvalue weighted by Gasteiger charge is 2.33. The van der Waals surface area contributed by atoms with E-state index in [4.69, 9.17) is 16.7 Å². The first-order valence-corrected chi connectivity index (χ1v) is 11.7. The number of likely N-dealkylation sites (tertiary alicyclic amines) is 1. The summed E-state index contributed by atoms with van der Waals surface area (Å²) in [4.78, 5) is 12.4. The number of benzene rings is 2. The molecule has 162 valence electrons. The Labute approximate surface area is 187 Å². The monoisotopic (exact) mass is 518 g/mol. The molecule has 8 nitrogen and oxygen atoms in total. The molecule has 1 amide bonds. The summed E-state index contributed by atoms with van der Waals surface area (Å²) in [5.74, 6) is -1.29. The summed E-state index contributed by atoms with van der Waals surface area (Å²) >= 11 is 9.27. The minimum atomic E-state index is -4.14. The quantitative estimate of drug-likeness (QED) is 0.512. The van der Waals surface area contributed by atoms with Gasteiger partial charge < -0.3 is 20.2 Å². The van der Waals surface area contributed by atoms with Gasteiger partial charge in [0.1, 0.15) is 4.90 Å². The predicted octanol–water partition coefficient (Wildman–Crippen LogP) is 4.10. The molecule has 0 unspecified atom stereocenters. The highest BCUT2D eigenvalue weighted by Crippen LogP contribution is 2.42. The van der Waals surface area contributed by atoms with Crippen LogP contribution < -0.4 is 4.31 Å². The Morgan fingerprint density at radius 2 is 1.83 bits per heavy atom. The maximum atomic E-state index is 13.5. The number of carboxylic acid groups (broad SMARTS) is 1. The van der Waals surface area contributed by atoms with Crippen LogP contribution in [0.2, 0.25) is 5.02 Å². The molecule has 0 saturated carbocycles. The van der Waals surface area contributed by atoms with Crippen LogP contribution in [-0.4, -0.2) is 54.4 Å². The summed E-state index contributed by atoms with van der Waals surface area (Å²) in [5, 5.41) is 29.6. The number of hydrogen-bond acceptors (Lipinski definition) is 5. The van der Waals surface area contributed by atoms with E-state index in [1.165, 1.54) is 17.0 Å². The van der Waals surface area contributed by atoms with Crippen molar-refractivity contribution in [3.05, 3.63) is 45.9 Å². The number of aromatic hydroxyl groups is 2. The molecule has 1 aliphatic rings. The number of carbonyl (C=O) groups is 1. The number of halogens is 2. The number of anilines is 1. The summed E-state index contributed by atoms with van der Waals surface area (Å²) in [6, 6.07) is 8.67. The van der Waals surface area contributed by atoms with Gasteiger partial charge in [-0.15, -0.1) is 0 Å². The standard InChI is InChI=1S/C19H20BrClN2O6S/c20-14-3-1-2-4-17(14)30(28,29)23(15-9-13(21)10-16(24)18(15)25)11-12-5-7-22(8-6-12)19(26)27/h1-4,9-10,12,24-25H,5-8,11H2,(H,26,27). The van der Waals surface area contributed by atoms with Crippen molar-refractivity contribution in [3.8, 4) is 11.5 Å². The van der Waals surface area contributed by atoms with Crippen molar-refractivity contribution >= 4 is 49.3 Å². The van der Waals surface area contributed by atoms with Gasteiger partial charge in [-0.1, -0.05) is 23.7 Å². The number of rotatable bonds is 5. The Morgan fingerprint density at radius 3 is 2.43 bits per heavy atom. The van der Waals surface area contributed by atoms with Gasteiger partial charge in [-0.2, -0.15) is 0 Å². The van der Waals surface area contributed by atoms with Crippen LogP contribution in [-0.2, 0) is 10.0 Å². The molecule has 0 atom stereocenters. The van der Waals surface area contributed by atoms with E-state index in [-0.39, 0.29) is 41.2 Å². The highest BCUT2D eigenvalue weighted by molar-refractivity contribution is 9.10. The van der Waals surface area contributed by atoms with Crippen LogP contribution in [0.5, 0.6) is 11.5 Å². The molecule has 0 aliphatic carbocycles. The summed E-state index contributed by atoms with van der Waals surface area (Å²) in [6.07, 6.45) is -0.0908. The molecular weight excluding hydrogens is 500 g/mol. The molecule has 1 saturated heterocycles. The lowest BCUT2D eigenvalue weighted by Crippen LogP contribution is -2.42. The summed E-state index contributed by atoms with van der Waals surface area (Å²) < 4.78 is 28.4.